The van der Waals surface area contributed by atoms with Gasteiger partial charge in [0.2, 0.25) is 0 Å². The third-order valence-corrected chi connectivity index (χ3v) is 1.64. The lowest BCUT2D eigenvalue weighted by Gasteiger charge is -2.05. The monoisotopic (exact) mass is 184 g/mol. The van der Waals surface area contributed by atoms with Crippen LogP contribution in [-0.2, 0) is 19.1 Å². The summed E-state index contributed by atoms with van der Waals surface area (Å²) in [6.45, 7) is 2.71. The number of ether oxygens (including phenoxy) is 2. The molecule has 0 fully saturated rings. The van der Waals surface area contributed by atoms with Crippen LogP contribution in [0.15, 0.2) is 11.8 Å². The van der Waals surface area contributed by atoms with Crippen LogP contribution in [0.3, 0.4) is 0 Å². The predicted octanol–water partition coefficient (Wildman–Crippen LogP) is 1.16. The number of allylic oxidation sites excluding steroid dienone is 1. The van der Waals surface area contributed by atoms with Gasteiger partial charge in [-0.2, -0.15) is 0 Å². The van der Waals surface area contributed by atoms with E-state index in [0.29, 0.717) is 18.6 Å². The first kappa shape index (κ1) is 9.77. The van der Waals surface area contributed by atoms with Crippen LogP contribution < -0.4 is 0 Å². The molecule has 0 amide bonds. The zero-order valence-corrected chi connectivity index (χ0v) is 7.70. The summed E-state index contributed by atoms with van der Waals surface area (Å²) in [5.41, 5.74) is 0. The van der Waals surface area contributed by atoms with Gasteiger partial charge in [0.1, 0.15) is 11.9 Å². The summed E-state index contributed by atoms with van der Waals surface area (Å²) in [6.07, 6.45) is 2.79. The molecule has 72 valence electrons. The molecule has 1 aliphatic carbocycles. The molecule has 1 unspecified atom stereocenters. The van der Waals surface area contributed by atoms with E-state index in [4.69, 9.17) is 9.47 Å². The van der Waals surface area contributed by atoms with Crippen molar-refractivity contribution in [3.63, 3.8) is 0 Å². The highest BCUT2D eigenvalue weighted by atomic mass is 16.6. The molecule has 0 aromatic carbocycles. The molecule has 0 saturated heterocycles. The van der Waals surface area contributed by atoms with Gasteiger partial charge in [0.25, 0.3) is 0 Å². The van der Waals surface area contributed by atoms with E-state index in [9.17, 15) is 9.59 Å². The third-order valence-electron chi connectivity index (χ3n) is 1.64. The highest BCUT2D eigenvalue weighted by molar-refractivity contribution is 5.68. The first-order chi connectivity index (χ1) is 6.08. The van der Waals surface area contributed by atoms with Crippen molar-refractivity contribution in [3.05, 3.63) is 11.8 Å². The Bertz CT molecular complexity index is 254. The van der Waals surface area contributed by atoms with Gasteiger partial charge in [0.05, 0.1) is 0 Å². The fourth-order valence-electron chi connectivity index (χ4n) is 1.23. The van der Waals surface area contributed by atoms with Crippen molar-refractivity contribution in [3.8, 4) is 0 Å². The summed E-state index contributed by atoms with van der Waals surface area (Å²) >= 11 is 0. The Balaban J connectivity index is 2.43. The normalized spacial score (nSPS) is 20.8. The lowest BCUT2D eigenvalue weighted by molar-refractivity contribution is -0.144. The summed E-state index contributed by atoms with van der Waals surface area (Å²) < 4.78 is 9.77. The second kappa shape index (κ2) is 4.07. The number of esters is 2. The SMILES string of the molecule is CC(=O)OC1=CC(OC(C)=O)CC1. The van der Waals surface area contributed by atoms with Gasteiger partial charge in [-0.1, -0.05) is 0 Å². The van der Waals surface area contributed by atoms with Crippen molar-refractivity contribution in [1.29, 1.82) is 0 Å². The first-order valence-electron chi connectivity index (χ1n) is 4.14. The molecular formula is C9H12O4. The molecular weight excluding hydrogens is 172 g/mol. The first-order valence-corrected chi connectivity index (χ1v) is 4.14. The average molecular weight is 184 g/mol. The molecule has 0 saturated carbocycles. The molecule has 1 rings (SSSR count). The summed E-state index contributed by atoms with van der Waals surface area (Å²) in [6, 6.07) is 0. The van der Waals surface area contributed by atoms with Gasteiger partial charge in [-0.25, -0.2) is 0 Å². The van der Waals surface area contributed by atoms with Crippen LogP contribution in [0.1, 0.15) is 26.7 Å². The lowest BCUT2D eigenvalue weighted by Crippen LogP contribution is -2.10. The molecule has 4 nitrogen and oxygen atoms in total. The Morgan fingerprint density at radius 2 is 2.08 bits per heavy atom. The largest absolute Gasteiger partial charge is 0.458 e. The molecule has 1 aliphatic rings. The Hall–Kier alpha value is -1.32. The van der Waals surface area contributed by atoms with E-state index < -0.39 is 0 Å². The lowest BCUT2D eigenvalue weighted by atomic mass is 10.3. The van der Waals surface area contributed by atoms with Gasteiger partial charge in [0, 0.05) is 20.3 Å². The number of hydrogen-bond donors (Lipinski definition) is 0. The van der Waals surface area contributed by atoms with Crippen LogP contribution in [0.5, 0.6) is 0 Å². The topological polar surface area (TPSA) is 52.6 Å². The van der Waals surface area contributed by atoms with E-state index in [1.165, 1.54) is 13.8 Å². The van der Waals surface area contributed by atoms with Gasteiger partial charge in [-0.05, 0) is 12.5 Å². The van der Waals surface area contributed by atoms with Gasteiger partial charge in [-0.15, -0.1) is 0 Å². The van der Waals surface area contributed by atoms with E-state index in [0.717, 1.165) is 0 Å². The summed E-state index contributed by atoms with van der Waals surface area (Å²) in [5, 5.41) is 0. The van der Waals surface area contributed by atoms with Crippen molar-refractivity contribution >= 4 is 11.9 Å². The van der Waals surface area contributed by atoms with Crippen LogP contribution in [0.2, 0.25) is 0 Å². The van der Waals surface area contributed by atoms with Crippen LogP contribution in [0.4, 0.5) is 0 Å². The van der Waals surface area contributed by atoms with Crippen molar-refractivity contribution in [2.45, 2.75) is 32.8 Å². The molecule has 4 heteroatoms. The molecule has 0 aromatic heterocycles. The van der Waals surface area contributed by atoms with Crippen molar-refractivity contribution in [2.24, 2.45) is 0 Å². The van der Waals surface area contributed by atoms with Crippen molar-refractivity contribution < 1.29 is 19.1 Å². The zero-order chi connectivity index (χ0) is 9.84. The second-order valence-electron chi connectivity index (χ2n) is 2.91. The maximum Gasteiger partial charge on any atom is 0.307 e. The number of carbonyl (C=O) groups excluding carboxylic acids is 2. The third kappa shape index (κ3) is 3.27. The van der Waals surface area contributed by atoms with Crippen molar-refractivity contribution in [1.82, 2.24) is 0 Å². The molecule has 0 heterocycles. The Morgan fingerprint density at radius 1 is 1.38 bits per heavy atom. The number of hydrogen-bond acceptors (Lipinski definition) is 4. The van der Waals surface area contributed by atoms with Crippen molar-refractivity contribution in [2.75, 3.05) is 0 Å². The minimum Gasteiger partial charge on any atom is -0.458 e. The zero-order valence-electron chi connectivity index (χ0n) is 7.70. The van der Waals surface area contributed by atoms with Crippen LogP contribution in [-0.4, -0.2) is 18.0 Å². The molecule has 0 N–H and O–H groups in total. The van der Waals surface area contributed by atoms with E-state index in [1.54, 1.807) is 6.08 Å². The molecule has 0 spiro atoms. The smallest absolute Gasteiger partial charge is 0.307 e. The van der Waals surface area contributed by atoms with Crippen LogP contribution in [0, 0.1) is 0 Å². The maximum absolute atomic E-state index is 10.6. The number of carbonyl (C=O) groups is 2. The standard InChI is InChI=1S/C9H12O4/c1-6(10)12-8-3-4-9(5-8)13-7(2)11/h5,8H,3-4H2,1-2H3. The highest BCUT2D eigenvalue weighted by Gasteiger charge is 2.19. The molecule has 0 aromatic rings. The Morgan fingerprint density at radius 3 is 2.62 bits per heavy atom. The van der Waals surface area contributed by atoms with Crippen LogP contribution >= 0.6 is 0 Å². The minimum absolute atomic E-state index is 0.230. The fraction of sp³-hybridized carbons (Fsp3) is 0.556. The van der Waals surface area contributed by atoms with E-state index in [1.807, 2.05) is 0 Å². The summed E-state index contributed by atoms with van der Waals surface area (Å²) in [4.78, 5) is 21.1. The minimum atomic E-state index is -0.338. The molecule has 0 bridgehead atoms. The van der Waals surface area contributed by atoms with Gasteiger partial charge < -0.3 is 9.47 Å². The maximum atomic E-state index is 10.6. The highest BCUT2D eigenvalue weighted by Crippen LogP contribution is 2.21. The molecule has 1 atom stereocenters. The van der Waals surface area contributed by atoms with Gasteiger partial charge in [-0.3, -0.25) is 9.59 Å². The Labute approximate surface area is 76.5 Å². The molecule has 0 radical (unpaired) electrons. The molecule has 0 aliphatic heterocycles. The predicted molar refractivity (Wildman–Crippen MR) is 44.6 cm³/mol. The summed E-state index contributed by atoms with van der Waals surface area (Å²) in [7, 11) is 0. The molecule has 13 heavy (non-hydrogen) atoms. The Kier molecular flexibility index (Phi) is 3.06. The second-order valence-corrected chi connectivity index (χ2v) is 2.91. The summed E-state index contributed by atoms with van der Waals surface area (Å²) in [5.74, 6) is -0.0567. The number of rotatable bonds is 2. The van der Waals surface area contributed by atoms with E-state index in [2.05, 4.69) is 0 Å². The quantitative estimate of drug-likeness (QED) is 0.604. The van der Waals surface area contributed by atoms with Gasteiger partial charge >= 0.3 is 11.9 Å². The fourth-order valence-corrected chi connectivity index (χ4v) is 1.23. The van der Waals surface area contributed by atoms with Gasteiger partial charge in [0.15, 0.2) is 0 Å². The van der Waals surface area contributed by atoms with E-state index in [-0.39, 0.29) is 18.0 Å². The van der Waals surface area contributed by atoms with E-state index >= 15 is 0 Å². The average Bonchev–Trinajstić information content (AvgIpc) is 2.33. The van der Waals surface area contributed by atoms with Crippen LogP contribution in [0.25, 0.3) is 0 Å².